The molecule has 12 heavy (non-hydrogen) atoms. The minimum Gasteiger partial charge on any atom is -0.342 e. The zero-order valence-electron chi connectivity index (χ0n) is 7.38. The van der Waals surface area contributed by atoms with Crippen LogP contribution in [0.15, 0.2) is 0 Å². The minimum atomic E-state index is 0.280. The highest BCUT2D eigenvalue weighted by Gasteiger charge is 2.14. The number of hydrogen-bond donors (Lipinski definition) is 0. The molecule has 1 heterocycles. The molecule has 1 aliphatic rings. The Labute approximate surface area is 73.9 Å². The molecule has 0 unspecified atom stereocenters. The zero-order chi connectivity index (χ0) is 8.81. The predicted molar refractivity (Wildman–Crippen MR) is 48.5 cm³/mol. The molecule has 1 amide bonds. The average molecular weight is 165 g/mol. The third kappa shape index (κ3) is 2.58. The van der Waals surface area contributed by atoms with E-state index in [9.17, 15) is 4.79 Å². The molecule has 0 aromatic carbocycles. The lowest BCUT2D eigenvalue weighted by atomic mass is 10.2. The van der Waals surface area contributed by atoms with Crippen molar-refractivity contribution < 1.29 is 4.79 Å². The molecule has 2 heteroatoms. The lowest BCUT2D eigenvalue weighted by Crippen LogP contribution is -2.30. The summed E-state index contributed by atoms with van der Waals surface area (Å²) in [6.45, 7) is 1.65. The maximum atomic E-state index is 11.4. The number of carbonyl (C=O) groups is 1. The fourth-order valence-electron chi connectivity index (χ4n) is 1.47. The molecule has 0 aliphatic carbocycles. The summed E-state index contributed by atoms with van der Waals surface area (Å²) >= 11 is 0. The van der Waals surface area contributed by atoms with Crippen LogP contribution >= 0.6 is 0 Å². The van der Waals surface area contributed by atoms with Crippen molar-refractivity contribution in [3.63, 3.8) is 0 Å². The van der Waals surface area contributed by atoms with Gasteiger partial charge in [0.1, 0.15) is 0 Å². The molecule has 0 aromatic heterocycles. The van der Waals surface area contributed by atoms with Gasteiger partial charge < -0.3 is 4.90 Å². The standard InChI is InChI=1S/C10H15NO/c1-2-3-8-11-9-6-4-5-7-10(11)12/h1H,3-9H2. The van der Waals surface area contributed by atoms with Crippen molar-refractivity contribution in [2.75, 3.05) is 13.1 Å². The van der Waals surface area contributed by atoms with Crippen LogP contribution in [0, 0.1) is 12.3 Å². The van der Waals surface area contributed by atoms with Gasteiger partial charge in [-0.1, -0.05) is 6.42 Å². The second-order valence-electron chi connectivity index (χ2n) is 3.15. The number of carbonyl (C=O) groups excluding carboxylic acids is 1. The molecule has 0 aromatic rings. The highest BCUT2D eigenvalue weighted by atomic mass is 16.2. The van der Waals surface area contributed by atoms with Gasteiger partial charge in [-0.2, -0.15) is 0 Å². The lowest BCUT2D eigenvalue weighted by Gasteiger charge is -2.18. The quantitative estimate of drug-likeness (QED) is 0.566. The first-order valence-electron chi connectivity index (χ1n) is 4.56. The van der Waals surface area contributed by atoms with Gasteiger partial charge >= 0.3 is 0 Å². The van der Waals surface area contributed by atoms with Gasteiger partial charge in [-0.05, 0) is 12.8 Å². The number of amides is 1. The number of terminal acetylenes is 1. The molecule has 1 rings (SSSR count). The number of rotatable bonds is 2. The summed E-state index contributed by atoms with van der Waals surface area (Å²) < 4.78 is 0. The van der Waals surface area contributed by atoms with Crippen LogP contribution in [0.25, 0.3) is 0 Å². The second kappa shape index (κ2) is 4.82. The van der Waals surface area contributed by atoms with Crippen LogP contribution < -0.4 is 0 Å². The summed E-state index contributed by atoms with van der Waals surface area (Å²) in [5, 5.41) is 0. The van der Waals surface area contributed by atoms with Crippen LogP contribution in [-0.4, -0.2) is 23.9 Å². The van der Waals surface area contributed by atoms with Crippen LogP contribution in [0.3, 0.4) is 0 Å². The molecule has 0 N–H and O–H groups in total. The third-order valence-corrected chi connectivity index (χ3v) is 2.20. The van der Waals surface area contributed by atoms with E-state index in [4.69, 9.17) is 6.42 Å². The first kappa shape index (κ1) is 9.12. The summed E-state index contributed by atoms with van der Waals surface area (Å²) in [4.78, 5) is 13.3. The van der Waals surface area contributed by atoms with E-state index in [0.29, 0.717) is 12.8 Å². The minimum absolute atomic E-state index is 0.280. The van der Waals surface area contributed by atoms with Gasteiger partial charge in [0.15, 0.2) is 0 Å². The van der Waals surface area contributed by atoms with Crippen LogP contribution in [0.5, 0.6) is 0 Å². The van der Waals surface area contributed by atoms with Gasteiger partial charge in [-0.15, -0.1) is 12.3 Å². The smallest absolute Gasteiger partial charge is 0.222 e. The average Bonchev–Trinajstić information content (AvgIpc) is 2.27. The monoisotopic (exact) mass is 165 g/mol. The van der Waals surface area contributed by atoms with Gasteiger partial charge in [-0.3, -0.25) is 4.79 Å². The molecule has 66 valence electrons. The van der Waals surface area contributed by atoms with Crippen LogP contribution in [0.2, 0.25) is 0 Å². The first-order valence-corrected chi connectivity index (χ1v) is 4.56. The Bertz CT molecular complexity index is 193. The van der Waals surface area contributed by atoms with Crippen molar-refractivity contribution in [2.45, 2.75) is 32.1 Å². The Morgan fingerprint density at radius 2 is 2.25 bits per heavy atom. The Balaban J connectivity index is 2.38. The van der Waals surface area contributed by atoms with Crippen molar-refractivity contribution in [3.05, 3.63) is 0 Å². The van der Waals surface area contributed by atoms with Crippen molar-refractivity contribution >= 4 is 5.91 Å². The Hall–Kier alpha value is -0.970. The second-order valence-corrected chi connectivity index (χ2v) is 3.15. The molecule has 0 bridgehead atoms. The maximum Gasteiger partial charge on any atom is 0.222 e. The summed E-state index contributed by atoms with van der Waals surface area (Å²) in [6, 6.07) is 0. The van der Waals surface area contributed by atoms with Crippen LogP contribution in [-0.2, 0) is 4.79 Å². The number of likely N-dealkylation sites (tertiary alicyclic amines) is 1. The lowest BCUT2D eigenvalue weighted by molar-refractivity contribution is -0.130. The van der Waals surface area contributed by atoms with Crippen molar-refractivity contribution in [1.82, 2.24) is 4.90 Å². The van der Waals surface area contributed by atoms with E-state index >= 15 is 0 Å². The van der Waals surface area contributed by atoms with E-state index in [1.807, 2.05) is 4.90 Å². The summed E-state index contributed by atoms with van der Waals surface area (Å²) in [5.74, 6) is 2.84. The first-order chi connectivity index (χ1) is 5.84. The molecule has 1 saturated heterocycles. The van der Waals surface area contributed by atoms with E-state index in [1.165, 1.54) is 6.42 Å². The van der Waals surface area contributed by atoms with E-state index in [2.05, 4.69) is 5.92 Å². The van der Waals surface area contributed by atoms with Gasteiger partial charge in [0.25, 0.3) is 0 Å². The topological polar surface area (TPSA) is 20.3 Å². The molecule has 0 spiro atoms. The van der Waals surface area contributed by atoms with Crippen molar-refractivity contribution in [2.24, 2.45) is 0 Å². The highest BCUT2D eigenvalue weighted by molar-refractivity contribution is 5.76. The van der Waals surface area contributed by atoms with E-state index in [0.717, 1.165) is 25.9 Å². The molecule has 0 saturated carbocycles. The van der Waals surface area contributed by atoms with Gasteiger partial charge in [0.05, 0.1) is 0 Å². The predicted octanol–water partition coefficient (Wildman–Crippen LogP) is 1.41. The van der Waals surface area contributed by atoms with Crippen LogP contribution in [0.4, 0.5) is 0 Å². The summed E-state index contributed by atoms with van der Waals surface area (Å²) in [6.07, 6.45) is 9.90. The normalized spacial score (nSPS) is 18.6. The Morgan fingerprint density at radius 3 is 3.00 bits per heavy atom. The molecule has 0 atom stereocenters. The molecule has 1 fully saturated rings. The maximum absolute atomic E-state index is 11.4. The molecule has 2 nitrogen and oxygen atoms in total. The third-order valence-electron chi connectivity index (χ3n) is 2.20. The number of hydrogen-bond acceptors (Lipinski definition) is 1. The largest absolute Gasteiger partial charge is 0.342 e. The van der Waals surface area contributed by atoms with Crippen molar-refractivity contribution in [3.8, 4) is 12.3 Å². The fourth-order valence-corrected chi connectivity index (χ4v) is 1.47. The van der Waals surface area contributed by atoms with Gasteiger partial charge in [0, 0.05) is 25.9 Å². The highest BCUT2D eigenvalue weighted by Crippen LogP contribution is 2.10. The summed E-state index contributed by atoms with van der Waals surface area (Å²) in [5.41, 5.74) is 0. The Morgan fingerprint density at radius 1 is 1.42 bits per heavy atom. The SMILES string of the molecule is C#CCCN1CCCCCC1=O. The fraction of sp³-hybridized carbons (Fsp3) is 0.700. The molecule has 1 aliphatic heterocycles. The summed E-state index contributed by atoms with van der Waals surface area (Å²) in [7, 11) is 0. The van der Waals surface area contributed by atoms with E-state index in [1.54, 1.807) is 0 Å². The van der Waals surface area contributed by atoms with Gasteiger partial charge in [0.2, 0.25) is 5.91 Å². The van der Waals surface area contributed by atoms with Crippen LogP contribution in [0.1, 0.15) is 32.1 Å². The van der Waals surface area contributed by atoms with Gasteiger partial charge in [-0.25, -0.2) is 0 Å². The zero-order valence-corrected chi connectivity index (χ0v) is 7.38. The van der Waals surface area contributed by atoms with E-state index < -0.39 is 0 Å². The number of nitrogens with zero attached hydrogens (tertiary/aromatic N) is 1. The molecular weight excluding hydrogens is 150 g/mol. The Kier molecular flexibility index (Phi) is 3.66. The van der Waals surface area contributed by atoms with Crippen molar-refractivity contribution in [1.29, 1.82) is 0 Å². The molecular formula is C10H15NO. The van der Waals surface area contributed by atoms with E-state index in [-0.39, 0.29) is 5.91 Å². The molecule has 0 radical (unpaired) electrons.